The van der Waals surface area contributed by atoms with Crippen LogP contribution in [0.25, 0.3) is 0 Å². The van der Waals surface area contributed by atoms with Gasteiger partial charge in [0.2, 0.25) is 0 Å². The Hall–Kier alpha value is -2.31. The van der Waals surface area contributed by atoms with Crippen LogP contribution in [0.3, 0.4) is 0 Å². The molecule has 0 saturated carbocycles. The summed E-state index contributed by atoms with van der Waals surface area (Å²) in [7, 11) is 0. The lowest BCUT2D eigenvalue weighted by molar-refractivity contribution is -0.384. The van der Waals surface area contributed by atoms with Gasteiger partial charge in [-0.3, -0.25) is 10.1 Å². The van der Waals surface area contributed by atoms with Crippen LogP contribution in [0.2, 0.25) is 0 Å². The summed E-state index contributed by atoms with van der Waals surface area (Å²) in [5.41, 5.74) is 1.03. The van der Waals surface area contributed by atoms with E-state index in [2.05, 4.69) is 10.6 Å². The average molecular weight is 337 g/mol. The molecular formula is C17H27N3O4. The van der Waals surface area contributed by atoms with Gasteiger partial charge in [0, 0.05) is 18.7 Å². The number of alkyl carbamates (subject to hydrolysis) is 1. The molecule has 1 amide bonds. The number of benzene rings is 1. The Morgan fingerprint density at radius 2 is 2.04 bits per heavy atom. The molecular weight excluding hydrogens is 310 g/mol. The summed E-state index contributed by atoms with van der Waals surface area (Å²) < 4.78 is 5.20. The van der Waals surface area contributed by atoms with Crippen LogP contribution in [0.1, 0.15) is 46.1 Å². The summed E-state index contributed by atoms with van der Waals surface area (Å²) in [4.78, 5) is 22.3. The Morgan fingerprint density at radius 1 is 1.38 bits per heavy atom. The number of amides is 1. The Morgan fingerprint density at radius 3 is 2.62 bits per heavy atom. The van der Waals surface area contributed by atoms with Crippen molar-refractivity contribution in [3.63, 3.8) is 0 Å². The fourth-order valence-corrected chi connectivity index (χ4v) is 2.16. The van der Waals surface area contributed by atoms with Gasteiger partial charge in [0.05, 0.1) is 4.92 Å². The summed E-state index contributed by atoms with van der Waals surface area (Å²) >= 11 is 0. The zero-order chi connectivity index (χ0) is 18.3. The van der Waals surface area contributed by atoms with Crippen LogP contribution in [0.4, 0.5) is 16.2 Å². The second-order valence-electron chi connectivity index (χ2n) is 6.89. The molecule has 0 heterocycles. The largest absolute Gasteiger partial charge is 0.444 e. The molecule has 7 heteroatoms. The van der Waals surface area contributed by atoms with Crippen molar-refractivity contribution in [1.82, 2.24) is 5.32 Å². The van der Waals surface area contributed by atoms with E-state index < -0.39 is 16.6 Å². The number of hydrogen-bond acceptors (Lipinski definition) is 5. The van der Waals surface area contributed by atoms with Gasteiger partial charge >= 0.3 is 6.09 Å². The van der Waals surface area contributed by atoms with Crippen LogP contribution in [0.15, 0.2) is 18.2 Å². The van der Waals surface area contributed by atoms with Gasteiger partial charge < -0.3 is 15.4 Å². The summed E-state index contributed by atoms with van der Waals surface area (Å²) in [6, 6.07) is 4.95. The number of carbonyl (C=O) groups excluding carboxylic acids is 1. The minimum absolute atomic E-state index is 0.0332. The maximum atomic E-state index is 11.7. The molecule has 0 aliphatic heterocycles. The molecule has 0 saturated heterocycles. The first kappa shape index (κ1) is 19.7. The summed E-state index contributed by atoms with van der Waals surface area (Å²) in [5, 5.41) is 16.9. The molecule has 0 bridgehead atoms. The van der Waals surface area contributed by atoms with E-state index in [9.17, 15) is 14.9 Å². The molecule has 1 aromatic rings. The zero-order valence-electron chi connectivity index (χ0n) is 15.0. The van der Waals surface area contributed by atoms with Gasteiger partial charge in [-0.05, 0) is 59.1 Å². The van der Waals surface area contributed by atoms with E-state index in [1.165, 1.54) is 6.07 Å². The lowest BCUT2D eigenvalue weighted by atomic mass is 10.1. The maximum absolute atomic E-state index is 11.7. The second-order valence-corrected chi connectivity index (χ2v) is 6.89. The molecule has 0 aliphatic rings. The fourth-order valence-electron chi connectivity index (χ4n) is 2.16. The lowest BCUT2D eigenvalue weighted by Gasteiger charge is -2.22. The summed E-state index contributed by atoms with van der Waals surface area (Å²) in [6.07, 6.45) is 1.07. The van der Waals surface area contributed by atoms with E-state index in [0.717, 1.165) is 18.4 Å². The van der Waals surface area contributed by atoms with Gasteiger partial charge in [-0.15, -0.1) is 0 Å². The van der Waals surface area contributed by atoms with E-state index in [0.29, 0.717) is 12.2 Å². The van der Waals surface area contributed by atoms with Crippen molar-refractivity contribution in [2.24, 2.45) is 0 Å². The van der Waals surface area contributed by atoms with Crippen molar-refractivity contribution in [1.29, 1.82) is 0 Å². The molecule has 7 nitrogen and oxygen atoms in total. The van der Waals surface area contributed by atoms with Crippen molar-refractivity contribution >= 4 is 17.5 Å². The number of carbonyl (C=O) groups is 1. The molecule has 134 valence electrons. The number of ether oxygens (including phenoxy) is 1. The maximum Gasteiger partial charge on any atom is 0.407 e. The Bertz CT molecular complexity index is 582. The highest BCUT2D eigenvalue weighted by Gasteiger charge is 2.17. The first-order valence-corrected chi connectivity index (χ1v) is 8.07. The second kappa shape index (κ2) is 8.52. The molecule has 0 aliphatic carbocycles. The highest BCUT2D eigenvalue weighted by atomic mass is 16.6. The van der Waals surface area contributed by atoms with Crippen molar-refractivity contribution < 1.29 is 14.5 Å². The number of rotatable bonds is 7. The Balaban J connectivity index is 2.40. The smallest absolute Gasteiger partial charge is 0.407 e. The minimum atomic E-state index is -0.518. The molecule has 0 unspecified atom stereocenters. The van der Waals surface area contributed by atoms with Crippen molar-refractivity contribution in [2.45, 2.75) is 59.1 Å². The molecule has 1 aromatic carbocycles. The van der Waals surface area contributed by atoms with E-state index in [4.69, 9.17) is 4.74 Å². The van der Waals surface area contributed by atoms with Crippen LogP contribution in [0.5, 0.6) is 0 Å². The first-order chi connectivity index (χ1) is 11.1. The number of aryl methyl sites for hydroxylation is 1. The highest BCUT2D eigenvalue weighted by Crippen LogP contribution is 2.25. The van der Waals surface area contributed by atoms with Crippen LogP contribution in [-0.4, -0.2) is 29.2 Å². The predicted octanol–water partition coefficient (Wildman–Crippen LogP) is 4.01. The number of hydrogen-bond donors (Lipinski definition) is 2. The summed E-state index contributed by atoms with van der Waals surface area (Å²) in [6.45, 7) is 9.83. The topological polar surface area (TPSA) is 93.5 Å². The highest BCUT2D eigenvalue weighted by molar-refractivity contribution is 5.68. The number of nitro benzene ring substituents is 1. The van der Waals surface area contributed by atoms with Gasteiger partial charge in [-0.1, -0.05) is 6.07 Å². The number of nitro groups is 1. The normalized spacial score (nSPS) is 12.4. The van der Waals surface area contributed by atoms with Crippen LogP contribution >= 0.6 is 0 Å². The molecule has 0 radical (unpaired) electrons. The molecule has 0 spiro atoms. The minimum Gasteiger partial charge on any atom is -0.444 e. The van der Waals surface area contributed by atoms with Crippen molar-refractivity contribution in [3.8, 4) is 0 Å². The average Bonchev–Trinajstić information content (AvgIpc) is 2.41. The van der Waals surface area contributed by atoms with Gasteiger partial charge in [0.1, 0.15) is 11.3 Å². The molecule has 24 heavy (non-hydrogen) atoms. The van der Waals surface area contributed by atoms with Gasteiger partial charge in [-0.2, -0.15) is 0 Å². The number of nitrogens with one attached hydrogen (secondary N) is 2. The van der Waals surface area contributed by atoms with Crippen molar-refractivity contribution in [3.05, 3.63) is 33.9 Å². The third kappa shape index (κ3) is 7.30. The summed E-state index contributed by atoms with van der Waals surface area (Å²) in [5.74, 6) is 0. The van der Waals surface area contributed by atoms with E-state index in [1.807, 2.05) is 34.6 Å². The van der Waals surface area contributed by atoms with Gasteiger partial charge in [0.25, 0.3) is 5.69 Å². The van der Waals surface area contributed by atoms with E-state index in [-0.39, 0.29) is 11.7 Å². The van der Waals surface area contributed by atoms with Gasteiger partial charge in [-0.25, -0.2) is 4.79 Å². The number of anilines is 1. The van der Waals surface area contributed by atoms with Crippen LogP contribution < -0.4 is 10.6 Å². The molecule has 0 fully saturated rings. The van der Waals surface area contributed by atoms with Gasteiger partial charge in [0.15, 0.2) is 0 Å². The monoisotopic (exact) mass is 337 g/mol. The molecule has 0 aromatic heterocycles. The predicted molar refractivity (Wildman–Crippen MR) is 94.4 cm³/mol. The van der Waals surface area contributed by atoms with E-state index in [1.54, 1.807) is 12.1 Å². The fraction of sp³-hybridized carbons (Fsp3) is 0.588. The van der Waals surface area contributed by atoms with Crippen LogP contribution in [-0.2, 0) is 4.74 Å². The molecule has 1 rings (SSSR count). The lowest BCUT2D eigenvalue weighted by Crippen LogP contribution is -2.37. The first-order valence-electron chi connectivity index (χ1n) is 8.07. The standard InChI is InChI=1S/C17H27N3O4/c1-12-8-9-15(20(22)23)14(11-12)18-10-6-7-13(2)19-16(21)24-17(3,4)5/h8-9,11,13,18H,6-7,10H2,1-5H3,(H,19,21)/t13-/m1/s1. The Labute approximate surface area is 142 Å². The molecule has 1 atom stereocenters. The SMILES string of the molecule is Cc1ccc([N+](=O)[O-])c(NCCC[C@@H](C)NC(=O)OC(C)(C)C)c1. The zero-order valence-corrected chi connectivity index (χ0v) is 15.0. The third-order valence-electron chi connectivity index (χ3n) is 3.24. The third-order valence-corrected chi connectivity index (χ3v) is 3.24. The van der Waals surface area contributed by atoms with E-state index >= 15 is 0 Å². The quantitative estimate of drug-likeness (QED) is 0.445. The van der Waals surface area contributed by atoms with Crippen molar-refractivity contribution in [2.75, 3.05) is 11.9 Å². The van der Waals surface area contributed by atoms with Crippen LogP contribution in [0, 0.1) is 17.0 Å². The Kier molecular flexibility index (Phi) is 7.00. The molecule has 2 N–H and O–H groups in total. The number of nitrogens with zero attached hydrogens (tertiary/aromatic N) is 1.